The molecule has 0 heterocycles. The average Bonchev–Trinajstić information content (AvgIpc) is 3.09. The molecule has 0 aromatic heterocycles. The zero-order valence-corrected chi connectivity index (χ0v) is 12.3. The third-order valence-electron chi connectivity index (χ3n) is 3.41. The number of nitrogens with zero attached hydrogens (tertiary/aromatic N) is 1. The van der Waals surface area contributed by atoms with Crippen molar-refractivity contribution in [2.75, 3.05) is 6.54 Å². The van der Waals surface area contributed by atoms with Crippen LogP contribution in [0.3, 0.4) is 0 Å². The second-order valence-corrected chi connectivity index (χ2v) is 6.12. The Balaban J connectivity index is 2.58. The zero-order valence-electron chi connectivity index (χ0n) is 12.3. The largest absolute Gasteiger partial charge is 0.480 e. The number of urea groups is 1. The van der Waals surface area contributed by atoms with Gasteiger partial charge in [-0.25, -0.2) is 9.59 Å². The van der Waals surface area contributed by atoms with Gasteiger partial charge in [-0.15, -0.1) is 0 Å². The van der Waals surface area contributed by atoms with Crippen LogP contribution in [0.25, 0.3) is 0 Å². The fourth-order valence-corrected chi connectivity index (χ4v) is 1.96. The van der Waals surface area contributed by atoms with Crippen LogP contribution in [-0.2, 0) is 4.79 Å². The van der Waals surface area contributed by atoms with E-state index < -0.39 is 12.0 Å². The first kappa shape index (κ1) is 15.8. The maximum atomic E-state index is 12.2. The summed E-state index contributed by atoms with van der Waals surface area (Å²) < 4.78 is 0. The molecule has 0 radical (unpaired) electrons. The van der Waals surface area contributed by atoms with Gasteiger partial charge in [0.05, 0.1) is 0 Å². The molecule has 1 aliphatic carbocycles. The standard InChI is InChI=1S/C14H26N2O3/c1-9(2)7-8-16(11-5-6-11)14(19)15-12(10(3)4)13(17)18/h9-12H,5-8H2,1-4H3,(H,15,19)(H,17,18)/t12-/m0/s1. The van der Waals surface area contributed by atoms with E-state index in [-0.39, 0.29) is 11.9 Å². The Bertz CT molecular complexity index is 325. The number of amides is 2. The summed E-state index contributed by atoms with van der Waals surface area (Å²) in [5.41, 5.74) is 0. The molecule has 2 N–H and O–H groups in total. The van der Waals surface area contributed by atoms with Crippen LogP contribution in [0, 0.1) is 11.8 Å². The predicted octanol–water partition coefficient (Wildman–Crippen LogP) is 2.32. The first-order chi connectivity index (χ1) is 8.82. The van der Waals surface area contributed by atoms with Crippen LogP contribution in [0.15, 0.2) is 0 Å². The van der Waals surface area contributed by atoms with E-state index >= 15 is 0 Å². The lowest BCUT2D eigenvalue weighted by atomic mass is 10.1. The Labute approximate surface area is 115 Å². The number of hydrogen-bond acceptors (Lipinski definition) is 2. The summed E-state index contributed by atoms with van der Waals surface area (Å²) in [6.07, 6.45) is 3.01. The maximum Gasteiger partial charge on any atom is 0.326 e. The molecule has 19 heavy (non-hydrogen) atoms. The van der Waals surface area contributed by atoms with Gasteiger partial charge in [0.2, 0.25) is 0 Å². The van der Waals surface area contributed by atoms with Crippen molar-refractivity contribution in [3.05, 3.63) is 0 Å². The molecule has 0 aliphatic heterocycles. The fourth-order valence-electron chi connectivity index (χ4n) is 1.96. The Morgan fingerprint density at radius 1 is 1.26 bits per heavy atom. The van der Waals surface area contributed by atoms with Crippen molar-refractivity contribution in [2.24, 2.45) is 11.8 Å². The lowest BCUT2D eigenvalue weighted by Gasteiger charge is -2.27. The van der Waals surface area contributed by atoms with Crippen LogP contribution in [0.1, 0.15) is 47.0 Å². The molecule has 1 rings (SSSR count). The number of carboxylic acid groups (broad SMARTS) is 1. The lowest BCUT2D eigenvalue weighted by molar-refractivity contribution is -0.140. The average molecular weight is 270 g/mol. The highest BCUT2D eigenvalue weighted by atomic mass is 16.4. The van der Waals surface area contributed by atoms with Crippen molar-refractivity contribution in [1.82, 2.24) is 10.2 Å². The molecule has 0 bridgehead atoms. The number of aliphatic carboxylic acids is 1. The van der Waals surface area contributed by atoms with E-state index in [0.29, 0.717) is 18.5 Å². The highest BCUT2D eigenvalue weighted by Crippen LogP contribution is 2.27. The Morgan fingerprint density at radius 3 is 2.21 bits per heavy atom. The van der Waals surface area contributed by atoms with Crippen LogP contribution in [0.2, 0.25) is 0 Å². The van der Waals surface area contributed by atoms with Crippen molar-refractivity contribution >= 4 is 12.0 Å². The molecule has 110 valence electrons. The van der Waals surface area contributed by atoms with E-state index in [0.717, 1.165) is 19.3 Å². The van der Waals surface area contributed by atoms with Crippen molar-refractivity contribution < 1.29 is 14.7 Å². The smallest absolute Gasteiger partial charge is 0.326 e. The SMILES string of the molecule is CC(C)CCN(C(=O)N[C@H](C(=O)O)C(C)C)C1CC1. The van der Waals surface area contributed by atoms with Gasteiger partial charge in [-0.2, -0.15) is 0 Å². The minimum atomic E-state index is -0.969. The summed E-state index contributed by atoms with van der Waals surface area (Å²) in [5, 5.41) is 11.8. The van der Waals surface area contributed by atoms with Gasteiger partial charge in [-0.3, -0.25) is 0 Å². The number of carbonyl (C=O) groups excluding carboxylic acids is 1. The fraction of sp³-hybridized carbons (Fsp3) is 0.857. The van der Waals surface area contributed by atoms with Crippen molar-refractivity contribution in [1.29, 1.82) is 0 Å². The molecular formula is C14H26N2O3. The van der Waals surface area contributed by atoms with Crippen molar-refractivity contribution in [2.45, 2.75) is 59.0 Å². The van der Waals surface area contributed by atoms with Gasteiger partial charge in [0.25, 0.3) is 0 Å². The van der Waals surface area contributed by atoms with Gasteiger partial charge < -0.3 is 15.3 Å². The summed E-state index contributed by atoms with van der Waals surface area (Å²) >= 11 is 0. The second-order valence-electron chi connectivity index (χ2n) is 6.12. The van der Waals surface area contributed by atoms with Gasteiger partial charge in [0.15, 0.2) is 0 Å². The quantitative estimate of drug-likeness (QED) is 0.746. The van der Waals surface area contributed by atoms with Crippen molar-refractivity contribution in [3.8, 4) is 0 Å². The van der Waals surface area contributed by atoms with Crippen LogP contribution >= 0.6 is 0 Å². The molecule has 2 amide bonds. The number of hydrogen-bond donors (Lipinski definition) is 2. The van der Waals surface area contributed by atoms with Gasteiger partial charge in [0.1, 0.15) is 6.04 Å². The molecule has 0 saturated heterocycles. The first-order valence-electron chi connectivity index (χ1n) is 7.12. The van der Waals surface area contributed by atoms with E-state index in [9.17, 15) is 9.59 Å². The molecule has 0 aromatic carbocycles. The van der Waals surface area contributed by atoms with Crippen LogP contribution in [0.4, 0.5) is 4.79 Å². The van der Waals surface area contributed by atoms with Gasteiger partial charge in [-0.05, 0) is 31.1 Å². The molecule has 0 spiro atoms. The van der Waals surface area contributed by atoms with E-state index in [1.165, 1.54) is 0 Å². The van der Waals surface area contributed by atoms with Gasteiger partial charge in [0, 0.05) is 12.6 Å². The summed E-state index contributed by atoms with van der Waals surface area (Å²) in [4.78, 5) is 25.1. The first-order valence-corrected chi connectivity index (χ1v) is 7.12. The predicted molar refractivity (Wildman–Crippen MR) is 74.0 cm³/mol. The number of carbonyl (C=O) groups is 2. The second kappa shape index (κ2) is 6.78. The topological polar surface area (TPSA) is 69.6 Å². The molecule has 0 unspecified atom stereocenters. The number of rotatable bonds is 7. The minimum Gasteiger partial charge on any atom is -0.480 e. The molecule has 1 atom stereocenters. The Kier molecular flexibility index (Phi) is 5.63. The van der Waals surface area contributed by atoms with E-state index in [2.05, 4.69) is 19.2 Å². The highest BCUT2D eigenvalue weighted by molar-refractivity contribution is 5.83. The molecule has 5 nitrogen and oxygen atoms in total. The van der Waals surface area contributed by atoms with Crippen LogP contribution in [0.5, 0.6) is 0 Å². The van der Waals surface area contributed by atoms with E-state index in [1.807, 2.05) is 0 Å². The lowest BCUT2D eigenvalue weighted by Crippen LogP contribution is -2.51. The van der Waals surface area contributed by atoms with Gasteiger partial charge >= 0.3 is 12.0 Å². The number of nitrogens with one attached hydrogen (secondary N) is 1. The molecule has 1 aliphatic rings. The summed E-state index contributed by atoms with van der Waals surface area (Å²) in [6, 6.07) is -0.739. The molecule has 5 heteroatoms. The van der Waals surface area contributed by atoms with Crippen molar-refractivity contribution in [3.63, 3.8) is 0 Å². The number of carboxylic acids is 1. The Morgan fingerprint density at radius 2 is 1.84 bits per heavy atom. The van der Waals surface area contributed by atoms with Crippen LogP contribution in [-0.4, -0.2) is 40.6 Å². The monoisotopic (exact) mass is 270 g/mol. The minimum absolute atomic E-state index is 0.118. The summed E-state index contributed by atoms with van der Waals surface area (Å²) in [7, 11) is 0. The third kappa shape index (κ3) is 5.09. The highest BCUT2D eigenvalue weighted by Gasteiger charge is 2.34. The van der Waals surface area contributed by atoms with E-state index in [4.69, 9.17) is 5.11 Å². The van der Waals surface area contributed by atoms with Crippen LogP contribution < -0.4 is 5.32 Å². The normalized spacial score (nSPS) is 16.5. The molecule has 1 saturated carbocycles. The van der Waals surface area contributed by atoms with Gasteiger partial charge in [-0.1, -0.05) is 27.7 Å². The molecule has 0 aromatic rings. The van der Waals surface area contributed by atoms with E-state index in [1.54, 1.807) is 18.7 Å². The maximum absolute atomic E-state index is 12.2. The Hall–Kier alpha value is -1.26. The molecule has 1 fully saturated rings. The summed E-state index contributed by atoms with van der Waals surface area (Å²) in [5.74, 6) is -0.551. The third-order valence-corrected chi connectivity index (χ3v) is 3.41. The zero-order chi connectivity index (χ0) is 14.6. The summed E-state index contributed by atoms with van der Waals surface area (Å²) in [6.45, 7) is 8.55. The molecular weight excluding hydrogens is 244 g/mol.